The molecule has 0 unspecified atom stereocenters. The van der Waals surface area contributed by atoms with Crippen molar-refractivity contribution in [2.24, 2.45) is 0 Å². The molecule has 0 spiro atoms. The normalized spacial score (nSPS) is 9.84. The molecule has 0 heterocycles. The summed E-state index contributed by atoms with van der Waals surface area (Å²) in [6, 6.07) is 27.6. The molecule has 6 aromatic rings. The van der Waals surface area contributed by atoms with Gasteiger partial charge in [-0.2, -0.15) is 0 Å². The number of aromatic carboxylic acids is 6. The first-order valence-electron chi connectivity index (χ1n) is 13.8. The smallest absolute Gasteiger partial charge is 0.336 e. The monoisotopic (exact) mass is 928 g/mol. The molecule has 14 heteroatoms. The zero-order valence-electron chi connectivity index (χ0n) is 25.5. The number of carbonyl (C=O) groups is 6. The van der Waals surface area contributed by atoms with Crippen LogP contribution in [0.1, 0.15) is 62.1 Å². The number of hydrogen-bond donors (Lipinski definition) is 6. The molecule has 0 fully saturated rings. The fraction of sp³-hybridized carbons (Fsp3) is 0. The van der Waals surface area contributed by atoms with Gasteiger partial charge >= 0.3 is 35.8 Å². The van der Waals surface area contributed by atoms with Gasteiger partial charge in [0.2, 0.25) is 0 Å². The maximum absolute atomic E-state index is 10.9. The molecule has 0 atom stereocenters. The van der Waals surface area contributed by atoms with Gasteiger partial charge in [0.05, 0.1) is 33.4 Å². The minimum absolute atomic E-state index is 0. The van der Waals surface area contributed by atoms with Gasteiger partial charge in [-0.15, -0.1) is 0 Å². The van der Waals surface area contributed by atoms with Gasteiger partial charge in [-0.1, -0.05) is 72.8 Å². The predicted molar refractivity (Wildman–Crippen MR) is 174 cm³/mol. The summed E-state index contributed by atoms with van der Waals surface area (Å²) in [5.74, 6) is -6.37. The van der Waals surface area contributed by atoms with Crippen LogP contribution in [0.2, 0.25) is 0 Å². The van der Waals surface area contributed by atoms with Crippen LogP contribution >= 0.6 is 0 Å². The van der Waals surface area contributed by atoms with E-state index in [9.17, 15) is 28.8 Å². The summed E-state index contributed by atoms with van der Waals surface area (Å²) < 4.78 is 0. The second-order valence-corrected chi connectivity index (χ2v) is 9.95. The minimum atomic E-state index is -1.06. The van der Waals surface area contributed by atoms with Gasteiger partial charge in [-0.25, -0.2) is 28.8 Å². The van der Waals surface area contributed by atoms with Crippen molar-refractivity contribution in [3.8, 4) is 0 Å². The maximum atomic E-state index is 10.9. The van der Waals surface area contributed by atoms with Crippen LogP contribution in [-0.4, -0.2) is 66.5 Å². The number of benzene rings is 6. The largest absolute Gasteiger partial charge is 0.478 e. The molecule has 50 heavy (non-hydrogen) atoms. The Bertz CT molecular complexity index is 1870. The average molecular weight is 929 g/mol. The predicted octanol–water partition coefficient (Wildman–Crippen LogP) is 6.71. The molecule has 0 radical (unpaired) electrons. The zero-order chi connectivity index (χ0) is 35.1. The van der Waals surface area contributed by atoms with Crippen molar-refractivity contribution in [3.63, 3.8) is 0 Å². The number of fused-ring (bicyclic) bond motifs is 3. The Morgan fingerprint density at radius 3 is 0.480 bits per heavy atom. The molecule has 0 aliphatic rings. The van der Waals surface area contributed by atoms with E-state index in [4.69, 9.17) is 30.6 Å². The van der Waals surface area contributed by atoms with Crippen LogP contribution in [0.15, 0.2) is 109 Å². The van der Waals surface area contributed by atoms with Crippen molar-refractivity contribution >= 4 is 68.1 Å². The van der Waals surface area contributed by atoms with E-state index in [1.165, 1.54) is 72.8 Å². The first-order chi connectivity index (χ1) is 22.8. The second-order valence-electron chi connectivity index (χ2n) is 9.95. The number of carboxylic acids is 6. The van der Waals surface area contributed by atoms with E-state index in [1.54, 1.807) is 36.4 Å². The van der Waals surface area contributed by atoms with Crippen molar-refractivity contribution in [3.05, 3.63) is 143 Å². The second kappa shape index (κ2) is 18.6. The van der Waals surface area contributed by atoms with Crippen molar-refractivity contribution < 1.29 is 143 Å². The van der Waals surface area contributed by atoms with Gasteiger partial charge in [0.15, 0.2) is 0 Å². The van der Waals surface area contributed by atoms with Crippen molar-refractivity contribution in [1.29, 1.82) is 0 Å². The topological polar surface area (TPSA) is 224 Å². The first kappa shape index (κ1) is 41.8. The van der Waals surface area contributed by atoms with E-state index in [0.29, 0.717) is 32.3 Å². The van der Waals surface area contributed by atoms with E-state index >= 15 is 0 Å². The standard InChI is InChI=1S/3C12H8O4.2Ce/c3*13-11(14)9-5-1-3-7-8(9)4-2-6-10(7)12(15)16;;/h3*1-6H,(H,13,14)(H,15,16);;. The van der Waals surface area contributed by atoms with Crippen LogP contribution in [-0.2, 0) is 0 Å². The van der Waals surface area contributed by atoms with Crippen molar-refractivity contribution in [2.75, 3.05) is 0 Å². The summed E-state index contributed by atoms with van der Waals surface area (Å²) in [6.45, 7) is 0. The van der Waals surface area contributed by atoms with Crippen molar-refractivity contribution in [2.45, 2.75) is 0 Å². The molecule has 12 nitrogen and oxygen atoms in total. The van der Waals surface area contributed by atoms with Gasteiger partial charge in [0, 0.05) is 83.5 Å². The zero-order valence-corrected chi connectivity index (χ0v) is 31.8. The molecule has 0 aromatic heterocycles. The Morgan fingerprint density at radius 1 is 0.260 bits per heavy atom. The van der Waals surface area contributed by atoms with Gasteiger partial charge < -0.3 is 30.6 Å². The van der Waals surface area contributed by atoms with E-state index < -0.39 is 35.8 Å². The summed E-state index contributed by atoms with van der Waals surface area (Å²) in [5.41, 5.74) is 0.670. The van der Waals surface area contributed by atoms with Crippen LogP contribution in [0.25, 0.3) is 32.3 Å². The third kappa shape index (κ3) is 9.46. The van der Waals surface area contributed by atoms with E-state index in [-0.39, 0.29) is 117 Å². The quantitative estimate of drug-likeness (QED) is 0.103. The van der Waals surface area contributed by atoms with Gasteiger partial charge in [-0.3, -0.25) is 0 Å². The Labute approximate surface area is 349 Å². The summed E-state index contributed by atoms with van der Waals surface area (Å²) in [5, 5.41) is 56.4. The SMILES string of the molecule is O=C(O)c1cccc2c(C(=O)O)cccc12.O=C(O)c1cccc2c(C(=O)O)cccc12.O=C(O)c1cccc2c(C(=O)O)cccc12.[Ce].[Ce]. The van der Waals surface area contributed by atoms with E-state index in [0.717, 1.165) is 0 Å². The number of carboxylic acid groups (broad SMARTS) is 6. The molecule has 0 amide bonds. The summed E-state index contributed by atoms with van der Waals surface area (Å²) in [6.07, 6.45) is 0. The van der Waals surface area contributed by atoms with Crippen LogP contribution in [0.4, 0.5) is 0 Å². The average Bonchev–Trinajstić information content (AvgIpc) is 3.06. The summed E-state index contributed by atoms with van der Waals surface area (Å²) in [7, 11) is 0. The molecule has 0 saturated heterocycles. The summed E-state index contributed by atoms with van der Waals surface area (Å²) in [4.78, 5) is 65.7. The number of rotatable bonds is 6. The van der Waals surface area contributed by atoms with Crippen LogP contribution in [0.5, 0.6) is 0 Å². The molecule has 0 aliphatic carbocycles. The fourth-order valence-electron chi connectivity index (χ4n) is 5.05. The van der Waals surface area contributed by atoms with Crippen LogP contribution < -0.4 is 0 Å². The molecular formula is C36H24Ce2O12. The molecule has 0 bridgehead atoms. The Hall–Kier alpha value is -4.33. The van der Waals surface area contributed by atoms with Gasteiger partial charge in [0.1, 0.15) is 0 Å². The maximum Gasteiger partial charge on any atom is 0.336 e. The van der Waals surface area contributed by atoms with Crippen LogP contribution in [0, 0.1) is 83.5 Å². The molecule has 248 valence electrons. The molecule has 6 N–H and O–H groups in total. The van der Waals surface area contributed by atoms with Gasteiger partial charge in [0.25, 0.3) is 0 Å². The van der Waals surface area contributed by atoms with E-state index in [2.05, 4.69) is 0 Å². The third-order valence-corrected chi connectivity index (χ3v) is 7.15. The molecule has 6 aromatic carbocycles. The summed E-state index contributed by atoms with van der Waals surface area (Å²) >= 11 is 0. The molecule has 0 saturated carbocycles. The van der Waals surface area contributed by atoms with Crippen molar-refractivity contribution in [1.82, 2.24) is 0 Å². The molecular weight excluding hydrogens is 905 g/mol. The Kier molecular flexibility index (Phi) is 15.6. The number of hydrogen-bond acceptors (Lipinski definition) is 6. The third-order valence-electron chi connectivity index (χ3n) is 7.15. The molecule has 0 aliphatic heterocycles. The van der Waals surface area contributed by atoms with Crippen LogP contribution in [0.3, 0.4) is 0 Å². The minimum Gasteiger partial charge on any atom is -0.478 e. The van der Waals surface area contributed by atoms with Gasteiger partial charge in [-0.05, 0) is 68.7 Å². The fourth-order valence-corrected chi connectivity index (χ4v) is 5.05. The molecule has 6 rings (SSSR count). The first-order valence-corrected chi connectivity index (χ1v) is 13.8. The van der Waals surface area contributed by atoms with E-state index in [1.807, 2.05) is 0 Å². The Balaban J connectivity index is 0.000000255. The Morgan fingerprint density at radius 2 is 0.380 bits per heavy atom.